The highest BCUT2D eigenvalue weighted by Crippen LogP contribution is 2.17. The second-order valence-corrected chi connectivity index (χ2v) is 6.43. The summed E-state index contributed by atoms with van der Waals surface area (Å²) in [5, 5.41) is 2.92. The molecular formula is C18H24N4O2. The molecule has 0 aliphatic carbocycles. The van der Waals surface area contributed by atoms with E-state index in [-0.39, 0.29) is 5.91 Å². The van der Waals surface area contributed by atoms with E-state index in [0.717, 1.165) is 30.8 Å². The molecule has 1 atom stereocenters. The molecule has 2 aromatic rings. The van der Waals surface area contributed by atoms with Gasteiger partial charge in [0.2, 0.25) is 11.8 Å². The van der Waals surface area contributed by atoms with Crippen molar-refractivity contribution in [3.8, 4) is 11.5 Å². The second-order valence-electron chi connectivity index (χ2n) is 6.43. The number of carbonyl (C=O) groups is 1. The fraction of sp³-hybridized carbons (Fsp3) is 0.444. The Bertz CT molecular complexity index is 669. The molecule has 6 nitrogen and oxygen atoms in total. The van der Waals surface area contributed by atoms with E-state index >= 15 is 0 Å². The van der Waals surface area contributed by atoms with Gasteiger partial charge in [0.05, 0.1) is 18.8 Å². The highest BCUT2D eigenvalue weighted by molar-refractivity contribution is 5.78. The molecule has 1 aliphatic rings. The molecule has 0 saturated carbocycles. The van der Waals surface area contributed by atoms with Crippen LogP contribution in [-0.4, -0.2) is 60.5 Å². The number of benzene rings is 1. The van der Waals surface area contributed by atoms with Gasteiger partial charge in [-0.1, -0.05) is 18.2 Å². The molecule has 6 heteroatoms. The molecule has 1 unspecified atom stereocenters. The van der Waals surface area contributed by atoms with Crippen molar-refractivity contribution in [2.24, 2.45) is 0 Å². The molecular weight excluding hydrogens is 304 g/mol. The van der Waals surface area contributed by atoms with Crippen molar-refractivity contribution in [3.05, 3.63) is 42.3 Å². The zero-order valence-electron chi connectivity index (χ0n) is 14.2. The number of rotatable bonds is 6. The maximum absolute atomic E-state index is 12.1. The van der Waals surface area contributed by atoms with Crippen LogP contribution < -0.4 is 5.32 Å². The quantitative estimate of drug-likeness (QED) is 0.873. The minimum absolute atomic E-state index is 0.0265. The van der Waals surface area contributed by atoms with Crippen LogP contribution in [0.25, 0.3) is 11.5 Å². The Balaban J connectivity index is 1.46. The normalized spacial score (nSPS) is 18.2. The predicted octanol–water partition coefficient (Wildman–Crippen LogP) is 1.59. The SMILES string of the molecule is CN(C)C1CCN(CC(=O)NCc2coc(-c3ccccc3)n2)C1. The fourth-order valence-electron chi connectivity index (χ4n) is 2.93. The standard InChI is InChI=1S/C18H24N4O2/c1-21(2)16-8-9-22(11-16)12-17(23)19-10-15-13-24-18(20-15)14-6-4-3-5-7-14/h3-7,13,16H,8-12H2,1-2H3,(H,19,23). The summed E-state index contributed by atoms with van der Waals surface area (Å²) >= 11 is 0. The van der Waals surface area contributed by atoms with Gasteiger partial charge >= 0.3 is 0 Å². The molecule has 1 N–H and O–H groups in total. The molecule has 1 saturated heterocycles. The minimum Gasteiger partial charge on any atom is -0.444 e. The first kappa shape index (κ1) is 16.7. The van der Waals surface area contributed by atoms with Crippen LogP contribution in [0, 0.1) is 0 Å². The molecule has 1 fully saturated rings. The van der Waals surface area contributed by atoms with Crippen LogP contribution in [0.3, 0.4) is 0 Å². The first-order valence-corrected chi connectivity index (χ1v) is 8.27. The van der Waals surface area contributed by atoms with E-state index in [9.17, 15) is 4.79 Å². The summed E-state index contributed by atoms with van der Waals surface area (Å²) in [5.41, 5.74) is 1.66. The number of amides is 1. The van der Waals surface area contributed by atoms with Crippen molar-refractivity contribution < 1.29 is 9.21 Å². The van der Waals surface area contributed by atoms with Gasteiger partial charge in [-0.25, -0.2) is 4.98 Å². The van der Waals surface area contributed by atoms with Crippen molar-refractivity contribution in [1.29, 1.82) is 0 Å². The summed E-state index contributed by atoms with van der Waals surface area (Å²) in [4.78, 5) is 20.9. The summed E-state index contributed by atoms with van der Waals surface area (Å²) in [6.45, 7) is 2.74. The number of hydrogen-bond acceptors (Lipinski definition) is 5. The Morgan fingerprint density at radius 2 is 2.17 bits per heavy atom. The zero-order chi connectivity index (χ0) is 16.9. The number of nitrogens with zero attached hydrogens (tertiary/aromatic N) is 3. The number of nitrogens with one attached hydrogen (secondary N) is 1. The van der Waals surface area contributed by atoms with E-state index in [1.807, 2.05) is 30.3 Å². The summed E-state index contributed by atoms with van der Waals surface area (Å²) in [6.07, 6.45) is 2.71. The van der Waals surface area contributed by atoms with Gasteiger partial charge in [0, 0.05) is 24.7 Å². The van der Waals surface area contributed by atoms with Crippen molar-refractivity contribution in [2.45, 2.75) is 19.0 Å². The van der Waals surface area contributed by atoms with Gasteiger partial charge in [-0.2, -0.15) is 0 Å². The minimum atomic E-state index is 0.0265. The van der Waals surface area contributed by atoms with Crippen LogP contribution >= 0.6 is 0 Å². The van der Waals surface area contributed by atoms with Crippen molar-refractivity contribution in [1.82, 2.24) is 20.1 Å². The van der Waals surface area contributed by atoms with E-state index < -0.39 is 0 Å². The average Bonchev–Trinajstić information content (AvgIpc) is 3.23. The summed E-state index contributed by atoms with van der Waals surface area (Å²) in [6, 6.07) is 10.3. The van der Waals surface area contributed by atoms with Gasteiger partial charge in [-0.05, 0) is 32.6 Å². The maximum Gasteiger partial charge on any atom is 0.234 e. The Morgan fingerprint density at radius 1 is 1.38 bits per heavy atom. The first-order chi connectivity index (χ1) is 11.6. The van der Waals surface area contributed by atoms with Crippen LogP contribution in [0.5, 0.6) is 0 Å². The third-order valence-corrected chi connectivity index (χ3v) is 4.38. The van der Waals surface area contributed by atoms with Gasteiger partial charge in [0.25, 0.3) is 0 Å². The summed E-state index contributed by atoms with van der Waals surface area (Å²) < 4.78 is 5.48. The molecule has 1 aliphatic heterocycles. The second kappa shape index (κ2) is 7.59. The molecule has 24 heavy (non-hydrogen) atoms. The number of likely N-dealkylation sites (N-methyl/N-ethyl adjacent to an activating group) is 1. The number of carbonyl (C=O) groups excluding carboxylic acids is 1. The molecule has 1 aromatic heterocycles. The van der Waals surface area contributed by atoms with Crippen molar-refractivity contribution in [3.63, 3.8) is 0 Å². The third-order valence-electron chi connectivity index (χ3n) is 4.38. The largest absolute Gasteiger partial charge is 0.444 e. The highest BCUT2D eigenvalue weighted by Gasteiger charge is 2.25. The molecule has 0 bridgehead atoms. The summed E-state index contributed by atoms with van der Waals surface area (Å²) in [5.74, 6) is 0.604. The van der Waals surface area contributed by atoms with Crippen LogP contribution in [0.4, 0.5) is 0 Å². The molecule has 128 valence electrons. The van der Waals surface area contributed by atoms with Gasteiger partial charge in [-0.3, -0.25) is 9.69 Å². The number of hydrogen-bond donors (Lipinski definition) is 1. The fourth-order valence-corrected chi connectivity index (χ4v) is 2.93. The highest BCUT2D eigenvalue weighted by atomic mass is 16.3. The lowest BCUT2D eigenvalue weighted by Gasteiger charge is -2.19. The van der Waals surface area contributed by atoms with E-state index in [1.165, 1.54) is 0 Å². The van der Waals surface area contributed by atoms with E-state index in [4.69, 9.17) is 4.42 Å². The predicted molar refractivity (Wildman–Crippen MR) is 92.3 cm³/mol. The Hall–Kier alpha value is -2.18. The Labute approximate surface area is 142 Å². The molecule has 1 aromatic carbocycles. The topological polar surface area (TPSA) is 61.6 Å². The lowest BCUT2D eigenvalue weighted by Crippen LogP contribution is -2.38. The Morgan fingerprint density at radius 3 is 2.88 bits per heavy atom. The van der Waals surface area contributed by atoms with E-state index in [2.05, 4.69) is 34.2 Å². The molecule has 0 radical (unpaired) electrons. The molecule has 2 heterocycles. The van der Waals surface area contributed by atoms with Gasteiger partial charge in [0.15, 0.2) is 0 Å². The molecule has 0 spiro atoms. The zero-order valence-corrected chi connectivity index (χ0v) is 14.2. The van der Waals surface area contributed by atoms with Crippen LogP contribution in [0.15, 0.2) is 41.0 Å². The monoisotopic (exact) mass is 328 g/mol. The lowest BCUT2D eigenvalue weighted by molar-refractivity contribution is -0.122. The van der Waals surface area contributed by atoms with E-state index in [0.29, 0.717) is 25.0 Å². The van der Waals surface area contributed by atoms with Gasteiger partial charge in [0.1, 0.15) is 6.26 Å². The summed E-state index contributed by atoms with van der Waals surface area (Å²) in [7, 11) is 4.17. The third kappa shape index (κ3) is 4.21. The molecule has 1 amide bonds. The smallest absolute Gasteiger partial charge is 0.234 e. The van der Waals surface area contributed by atoms with Crippen LogP contribution in [-0.2, 0) is 11.3 Å². The average molecular weight is 328 g/mol. The first-order valence-electron chi connectivity index (χ1n) is 8.27. The van der Waals surface area contributed by atoms with Crippen LogP contribution in [0.1, 0.15) is 12.1 Å². The van der Waals surface area contributed by atoms with Gasteiger partial charge in [-0.15, -0.1) is 0 Å². The maximum atomic E-state index is 12.1. The Kier molecular flexibility index (Phi) is 5.27. The van der Waals surface area contributed by atoms with Crippen LogP contribution in [0.2, 0.25) is 0 Å². The number of likely N-dealkylation sites (tertiary alicyclic amines) is 1. The van der Waals surface area contributed by atoms with Crippen molar-refractivity contribution >= 4 is 5.91 Å². The number of oxazole rings is 1. The van der Waals surface area contributed by atoms with E-state index in [1.54, 1.807) is 6.26 Å². The molecule has 3 rings (SSSR count). The van der Waals surface area contributed by atoms with Gasteiger partial charge < -0.3 is 14.6 Å². The lowest BCUT2D eigenvalue weighted by atomic mass is 10.2. The number of aromatic nitrogens is 1. The van der Waals surface area contributed by atoms with Crippen molar-refractivity contribution in [2.75, 3.05) is 33.7 Å².